The third kappa shape index (κ3) is 5.46. The molecule has 0 spiro atoms. The molecule has 1 atom stereocenters. The molecule has 138 valence electrons. The van der Waals surface area contributed by atoms with Gasteiger partial charge in [0, 0.05) is 16.8 Å². The smallest absolute Gasteiger partial charge is 0.255 e. The minimum atomic E-state index is -0.634. The van der Waals surface area contributed by atoms with Crippen LogP contribution in [0.5, 0.6) is 5.75 Å². The summed E-state index contributed by atoms with van der Waals surface area (Å²) in [6, 6.07) is 14.4. The maximum Gasteiger partial charge on any atom is 0.255 e. The molecule has 4 heteroatoms. The number of carbonyl (C=O) groups is 1. The van der Waals surface area contributed by atoms with Gasteiger partial charge < -0.3 is 15.2 Å². The van der Waals surface area contributed by atoms with E-state index in [2.05, 4.69) is 5.32 Å². The lowest BCUT2D eigenvalue weighted by atomic mass is 9.97. The Balaban J connectivity index is 2.15. The van der Waals surface area contributed by atoms with E-state index in [9.17, 15) is 9.90 Å². The number of ether oxygens (including phenoxy) is 1. The van der Waals surface area contributed by atoms with Gasteiger partial charge in [0.1, 0.15) is 12.4 Å². The van der Waals surface area contributed by atoms with Crippen molar-refractivity contribution >= 4 is 11.6 Å². The fraction of sp³-hybridized carbons (Fsp3) is 0.318. The van der Waals surface area contributed by atoms with Crippen LogP contribution in [-0.2, 0) is 0 Å². The van der Waals surface area contributed by atoms with Crippen LogP contribution in [0, 0.1) is 5.92 Å². The summed E-state index contributed by atoms with van der Waals surface area (Å²) in [5, 5.41) is 13.3. The Kier molecular flexibility index (Phi) is 6.98. The van der Waals surface area contributed by atoms with Gasteiger partial charge in [-0.15, -0.1) is 0 Å². The third-order valence-corrected chi connectivity index (χ3v) is 4.00. The maximum atomic E-state index is 12.6. The van der Waals surface area contributed by atoms with Crippen LogP contribution in [0.2, 0.25) is 0 Å². The molecule has 1 amide bonds. The molecular weight excluding hydrogens is 326 g/mol. The molecule has 0 unspecified atom stereocenters. The van der Waals surface area contributed by atoms with Crippen LogP contribution < -0.4 is 10.1 Å². The molecule has 2 rings (SSSR count). The molecule has 0 heterocycles. The van der Waals surface area contributed by atoms with Crippen LogP contribution in [-0.4, -0.2) is 17.6 Å². The monoisotopic (exact) mass is 353 g/mol. The van der Waals surface area contributed by atoms with Crippen LogP contribution in [0.1, 0.15) is 49.7 Å². The van der Waals surface area contributed by atoms with Gasteiger partial charge in [-0.2, -0.15) is 0 Å². The van der Waals surface area contributed by atoms with Crippen molar-refractivity contribution in [2.75, 3.05) is 11.9 Å². The molecule has 0 radical (unpaired) electrons. The molecule has 0 aliphatic carbocycles. The average Bonchev–Trinajstić information content (AvgIpc) is 2.61. The molecule has 2 aromatic rings. The summed E-state index contributed by atoms with van der Waals surface area (Å²) in [5.74, 6) is 0.464. The number of hydrogen-bond donors (Lipinski definition) is 2. The third-order valence-electron chi connectivity index (χ3n) is 4.00. The molecular formula is C22H27NO3. The van der Waals surface area contributed by atoms with Crippen molar-refractivity contribution < 1.29 is 14.6 Å². The average molecular weight is 353 g/mol. The number of benzene rings is 2. The summed E-state index contributed by atoms with van der Waals surface area (Å²) < 4.78 is 5.65. The van der Waals surface area contributed by atoms with Gasteiger partial charge in [0.2, 0.25) is 0 Å². The Morgan fingerprint density at radius 2 is 1.88 bits per heavy atom. The number of aliphatic hydroxyl groups is 1. The van der Waals surface area contributed by atoms with Gasteiger partial charge in [-0.05, 0) is 50.1 Å². The highest BCUT2D eigenvalue weighted by Gasteiger charge is 2.17. The van der Waals surface area contributed by atoms with Crippen molar-refractivity contribution in [1.82, 2.24) is 0 Å². The molecule has 0 saturated heterocycles. The SMILES string of the molecule is CC(C)=CCOc1cccc(C(=O)Nc2ccccc2[C@H](O)C(C)C)c1. The summed E-state index contributed by atoms with van der Waals surface area (Å²) in [4.78, 5) is 12.6. The summed E-state index contributed by atoms with van der Waals surface area (Å²) >= 11 is 0. The molecule has 0 bridgehead atoms. The zero-order valence-corrected chi connectivity index (χ0v) is 15.8. The predicted octanol–water partition coefficient (Wildman–Crippen LogP) is 4.97. The first kappa shape index (κ1) is 19.7. The van der Waals surface area contributed by atoms with Crippen LogP contribution in [0.4, 0.5) is 5.69 Å². The van der Waals surface area contributed by atoms with Crippen LogP contribution in [0.15, 0.2) is 60.2 Å². The quantitative estimate of drug-likeness (QED) is 0.691. The van der Waals surface area contributed by atoms with Gasteiger partial charge >= 0.3 is 0 Å². The van der Waals surface area contributed by atoms with E-state index in [4.69, 9.17) is 4.74 Å². The standard InChI is InChI=1S/C22H27NO3/c1-15(2)12-13-26-18-9-7-8-17(14-18)22(25)23-20-11-6-5-10-19(20)21(24)16(3)4/h5-12,14,16,21,24H,13H2,1-4H3,(H,23,25)/t21-/m1/s1. The molecule has 2 aromatic carbocycles. The van der Waals surface area contributed by atoms with Crippen molar-refractivity contribution in [1.29, 1.82) is 0 Å². The van der Waals surface area contributed by atoms with Crippen LogP contribution >= 0.6 is 0 Å². The summed E-state index contributed by atoms with van der Waals surface area (Å²) in [5.41, 5.74) is 3.02. The van der Waals surface area contributed by atoms with E-state index < -0.39 is 6.10 Å². The van der Waals surface area contributed by atoms with Gasteiger partial charge in [0.25, 0.3) is 5.91 Å². The Labute approximate surface area is 155 Å². The summed E-state index contributed by atoms with van der Waals surface area (Å²) in [7, 11) is 0. The molecule has 0 saturated carbocycles. The molecule has 0 aliphatic heterocycles. The van der Waals surface area contributed by atoms with E-state index in [1.165, 1.54) is 5.57 Å². The molecule has 0 aliphatic rings. The number of rotatable bonds is 7. The highest BCUT2D eigenvalue weighted by atomic mass is 16.5. The van der Waals surface area contributed by atoms with E-state index in [1.54, 1.807) is 24.3 Å². The zero-order chi connectivity index (χ0) is 19.1. The molecule has 4 nitrogen and oxygen atoms in total. The minimum Gasteiger partial charge on any atom is -0.490 e. The van der Waals surface area contributed by atoms with E-state index >= 15 is 0 Å². The number of allylic oxidation sites excluding steroid dienone is 1. The van der Waals surface area contributed by atoms with Gasteiger partial charge in [0.05, 0.1) is 6.10 Å². The zero-order valence-electron chi connectivity index (χ0n) is 15.8. The van der Waals surface area contributed by atoms with Crippen molar-refractivity contribution in [2.24, 2.45) is 5.92 Å². The second-order valence-electron chi connectivity index (χ2n) is 6.85. The lowest BCUT2D eigenvalue weighted by Crippen LogP contribution is -2.16. The first-order valence-electron chi connectivity index (χ1n) is 8.83. The molecule has 0 aromatic heterocycles. The number of anilines is 1. The first-order valence-corrected chi connectivity index (χ1v) is 8.83. The first-order chi connectivity index (χ1) is 12.4. The summed E-state index contributed by atoms with van der Waals surface area (Å²) in [6.07, 6.45) is 1.35. The second-order valence-corrected chi connectivity index (χ2v) is 6.85. The van der Waals surface area contributed by atoms with E-state index in [0.29, 0.717) is 29.2 Å². The van der Waals surface area contributed by atoms with Crippen molar-refractivity contribution in [3.05, 3.63) is 71.3 Å². The lowest BCUT2D eigenvalue weighted by molar-refractivity contribution is 0.102. The second kappa shape index (κ2) is 9.20. The summed E-state index contributed by atoms with van der Waals surface area (Å²) in [6.45, 7) is 8.37. The van der Waals surface area contributed by atoms with E-state index in [-0.39, 0.29) is 11.8 Å². The fourth-order valence-corrected chi connectivity index (χ4v) is 2.45. The van der Waals surface area contributed by atoms with Crippen molar-refractivity contribution in [3.8, 4) is 5.75 Å². The predicted molar refractivity (Wildman–Crippen MR) is 106 cm³/mol. The number of carbonyl (C=O) groups excluding carboxylic acids is 1. The van der Waals surface area contributed by atoms with Gasteiger partial charge in [0.15, 0.2) is 0 Å². The highest BCUT2D eigenvalue weighted by molar-refractivity contribution is 6.04. The molecule has 26 heavy (non-hydrogen) atoms. The Morgan fingerprint density at radius 3 is 2.58 bits per heavy atom. The number of para-hydroxylation sites is 1. The Hall–Kier alpha value is -2.59. The Morgan fingerprint density at radius 1 is 1.15 bits per heavy atom. The molecule has 0 fully saturated rings. The highest BCUT2D eigenvalue weighted by Crippen LogP contribution is 2.28. The van der Waals surface area contributed by atoms with Gasteiger partial charge in [-0.1, -0.05) is 43.7 Å². The van der Waals surface area contributed by atoms with Crippen LogP contribution in [0.25, 0.3) is 0 Å². The largest absolute Gasteiger partial charge is 0.490 e. The van der Waals surface area contributed by atoms with Crippen molar-refractivity contribution in [2.45, 2.75) is 33.8 Å². The lowest BCUT2D eigenvalue weighted by Gasteiger charge is -2.19. The maximum absolute atomic E-state index is 12.6. The topological polar surface area (TPSA) is 58.6 Å². The number of hydrogen-bond acceptors (Lipinski definition) is 3. The number of nitrogens with one attached hydrogen (secondary N) is 1. The number of amides is 1. The molecule has 2 N–H and O–H groups in total. The Bertz CT molecular complexity index is 776. The van der Waals surface area contributed by atoms with Crippen LogP contribution in [0.3, 0.4) is 0 Å². The van der Waals surface area contributed by atoms with Gasteiger partial charge in [-0.25, -0.2) is 0 Å². The van der Waals surface area contributed by atoms with E-state index in [1.807, 2.05) is 58.0 Å². The minimum absolute atomic E-state index is 0.0554. The number of aliphatic hydroxyl groups excluding tert-OH is 1. The van der Waals surface area contributed by atoms with Crippen molar-refractivity contribution in [3.63, 3.8) is 0 Å². The van der Waals surface area contributed by atoms with Gasteiger partial charge in [-0.3, -0.25) is 4.79 Å². The fourth-order valence-electron chi connectivity index (χ4n) is 2.45. The van der Waals surface area contributed by atoms with E-state index in [0.717, 1.165) is 0 Å². The normalized spacial score (nSPS) is 11.8.